The Balaban J connectivity index is 1.35. The summed E-state index contributed by atoms with van der Waals surface area (Å²) in [5, 5.41) is 1.15. The summed E-state index contributed by atoms with van der Waals surface area (Å²) in [4.78, 5) is 14.1. The molecule has 0 amide bonds. The lowest BCUT2D eigenvalue weighted by atomic mass is 9.97. The Hall–Kier alpha value is -5.55. The van der Waals surface area contributed by atoms with Crippen LogP contribution in [0.5, 0.6) is 0 Å². The van der Waals surface area contributed by atoms with Gasteiger partial charge in [0.05, 0.1) is 39.4 Å². The molecule has 8 rings (SSSR count). The summed E-state index contributed by atoms with van der Waals surface area (Å²) < 4.78 is 8.68. The average Bonchev–Trinajstić information content (AvgIpc) is 3.56. The average molecular weight is 515 g/mol. The number of hydrogen-bond donors (Lipinski definition) is 0. The van der Waals surface area contributed by atoms with Crippen molar-refractivity contribution in [3.63, 3.8) is 0 Å². The predicted octanol–water partition coefficient (Wildman–Crippen LogP) is 8.69. The maximum absolute atomic E-state index is 6.46. The SMILES string of the molecule is c1ccc(-c2cc(-c3cccc(-c4c5ccccc5n5c4oc4ccccc45)c3)cc(-c3ccccn3)n2)nc1. The summed E-state index contributed by atoms with van der Waals surface area (Å²) in [5.74, 6) is 0. The largest absolute Gasteiger partial charge is 0.438 e. The molecular weight excluding hydrogens is 492 g/mol. The molecule has 0 saturated heterocycles. The van der Waals surface area contributed by atoms with Crippen LogP contribution >= 0.6 is 0 Å². The lowest BCUT2D eigenvalue weighted by molar-refractivity contribution is 0.658. The van der Waals surface area contributed by atoms with Crippen LogP contribution in [0.1, 0.15) is 0 Å². The highest BCUT2D eigenvalue weighted by Crippen LogP contribution is 2.40. The molecule has 0 spiro atoms. The van der Waals surface area contributed by atoms with Gasteiger partial charge in [0.25, 0.3) is 0 Å². The molecular formula is C35H22N4O. The first kappa shape index (κ1) is 22.4. The fourth-order valence-electron chi connectivity index (χ4n) is 5.51. The topological polar surface area (TPSA) is 56.2 Å². The Bertz CT molecular complexity index is 2100. The molecule has 0 bridgehead atoms. The minimum Gasteiger partial charge on any atom is -0.438 e. The van der Waals surface area contributed by atoms with E-state index in [0.717, 1.165) is 72.7 Å². The van der Waals surface area contributed by atoms with E-state index in [1.165, 1.54) is 0 Å². The number of aromatic nitrogens is 4. The molecule has 0 radical (unpaired) electrons. The quantitative estimate of drug-likeness (QED) is 0.236. The molecule has 0 fully saturated rings. The molecule has 5 nitrogen and oxygen atoms in total. The zero-order valence-electron chi connectivity index (χ0n) is 21.4. The number of hydrogen-bond acceptors (Lipinski definition) is 4. The Kier molecular flexibility index (Phi) is 5.07. The Labute approximate surface area is 230 Å². The van der Waals surface area contributed by atoms with Gasteiger partial charge in [0, 0.05) is 17.8 Å². The van der Waals surface area contributed by atoms with Gasteiger partial charge in [-0.2, -0.15) is 0 Å². The first-order valence-corrected chi connectivity index (χ1v) is 13.2. The molecule has 5 heteroatoms. The van der Waals surface area contributed by atoms with Gasteiger partial charge in [-0.25, -0.2) is 4.98 Å². The summed E-state index contributed by atoms with van der Waals surface area (Å²) in [7, 11) is 0. The van der Waals surface area contributed by atoms with E-state index < -0.39 is 0 Å². The van der Waals surface area contributed by atoms with Crippen LogP contribution in [0.25, 0.3) is 72.7 Å². The van der Waals surface area contributed by atoms with E-state index in [-0.39, 0.29) is 0 Å². The molecule has 0 N–H and O–H groups in total. The second-order valence-electron chi connectivity index (χ2n) is 9.74. The highest BCUT2D eigenvalue weighted by atomic mass is 16.3. The highest BCUT2D eigenvalue weighted by Gasteiger charge is 2.20. The second kappa shape index (κ2) is 9.03. The molecule has 0 aliphatic rings. The lowest BCUT2D eigenvalue weighted by Gasteiger charge is -2.10. The zero-order valence-corrected chi connectivity index (χ0v) is 21.4. The van der Waals surface area contributed by atoms with Crippen LogP contribution in [0.2, 0.25) is 0 Å². The number of pyridine rings is 3. The van der Waals surface area contributed by atoms with Crippen LogP contribution < -0.4 is 0 Å². The van der Waals surface area contributed by atoms with Gasteiger partial charge in [0.1, 0.15) is 0 Å². The van der Waals surface area contributed by atoms with Crippen molar-refractivity contribution in [3.05, 3.63) is 134 Å². The Morgan fingerprint density at radius 1 is 0.500 bits per heavy atom. The van der Waals surface area contributed by atoms with E-state index in [4.69, 9.17) is 9.40 Å². The maximum Gasteiger partial charge on any atom is 0.213 e. The molecule has 0 aliphatic carbocycles. The minimum atomic E-state index is 0.804. The number of benzene rings is 3. The Morgan fingerprint density at radius 2 is 1.15 bits per heavy atom. The van der Waals surface area contributed by atoms with Crippen LogP contribution in [0.15, 0.2) is 138 Å². The molecule has 0 unspecified atom stereocenters. The van der Waals surface area contributed by atoms with Crippen LogP contribution in [-0.2, 0) is 0 Å². The summed E-state index contributed by atoms with van der Waals surface area (Å²) in [6.45, 7) is 0. The molecule has 5 heterocycles. The van der Waals surface area contributed by atoms with Gasteiger partial charge in [-0.1, -0.05) is 60.7 Å². The van der Waals surface area contributed by atoms with Crippen molar-refractivity contribution in [3.8, 4) is 45.0 Å². The molecule has 8 aromatic rings. The minimum absolute atomic E-state index is 0.804. The smallest absolute Gasteiger partial charge is 0.213 e. The number of fused-ring (bicyclic) bond motifs is 5. The van der Waals surface area contributed by atoms with Crippen molar-refractivity contribution in [2.45, 2.75) is 0 Å². The van der Waals surface area contributed by atoms with E-state index >= 15 is 0 Å². The molecule has 5 aromatic heterocycles. The maximum atomic E-state index is 6.46. The molecule has 0 saturated carbocycles. The lowest BCUT2D eigenvalue weighted by Crippen LogP contribution is -1.94. The summed E-state index contributed by atoms with van der Waals surface area (Å²) in [5.41, 5.74) is 11.4. The third-order valence-corrected chi connectivity index (χ3v) is 7.31. The van der Waals surface area contributed by atoms with Crippen LogP contribution in [0, 0.1) is 0 Å². The van der Waals surface area contributed by atoms with Crippen molar-refractivity contribution in [2.75, 3.05) is 0 Å². The van der Waals surface area contributed by atoms with Gasteiger partial charge < -0.3 is 4.42 Å². The van der Waals surface area contributed by atoms with E-state index in [2.05, 4.69) is 81.1 Å². The number of rotatable bonds is 4. The van der Waals surface area contributed by atoms with Crippen molar-refractivity contribution in [1.82, 2.24) is 19.4 Å². The van der Waals surface area contributed by atoms with Crippen molar-refractivity contribution in [1.29, 1.82) is 0 Å². The standard InChI is InChI=1S/C35H22N4O/c1-2-15-31-26(12-1)34(35-39(31)32-16-3-4-17-33(32)40-35)24-11-9-10-23(20-24)25-21-29(27-13-5-7-18-36-27)38-30(22-25)28-14-6-8-19-37-28/h1-22H. The van der Waals surface area contributed by atoms with E-state index in [1.54, 1.807) is 12.4 Å². The van der Waals surface area contributed by atoms with Crippen LogP contribution in [-0.4, -0.2) is 19.4 Å². The van der Waals surface area contributed by atoms with Gasteiger partial charge >= 0.3 is 0 Å². The monoisotopic (exact) mass is 514 g/mol. The fraction of sp³-hybridized carbons (Fsp3) is 0. The van der Waals surface area contributed by atoms with Crippen molar-refractivity contribution >= 4 is 27.7 Å². The highest BCUT2D eigenvalue weighted by molar-refractivity contribution is 6.07. The Morgan fingerprint density at radius 3 is 1.88 bits per heavy atom. The predicted molar refractivity (Wildman–Crippen MR) is 160 cm³/mol. The molecule has 0 aliphatic heterocycles. The van der Waals surface area contributed by atoms with Gasteiger partial charge in [0.15, 0.2) is 5.58 Å². The number of para-hydroxylation sites is 3. The van der Waals surface area contributed by atoms with E-state index in [1.807, 2.05) is 54.6 Å². The summed E-state index contributed by atoms with van der Waals surface area (Å²) >= 11 is 0. The van der Waals surface area contributed by atoms with Crippen molar-refractivity contribution in [2.24, 2.45) is 0 Å². The van der Waals surface area contributed by atoms with Crippen molar-refractivity contribution < 1.29 is 4.42 Å². The number of nitrogens with zero attached hydrogens (tertiary/aromatic N) is 4. The fourth-order valence-corrected chi connectivity index (χ4v) is 5.51. The van der Waals surface area contributed by atoms with E-state index in [0.29, 0.717) is 0 Å². The molecule has 40 heavy (non-hydrogen) atoms. The normalized spacial score (nSPS) is 11.5. The van der Waals surface area contributed by atoms with Gasteiger partial charge in [-0.3, -0.25) is 14.4 Å². The zero-order chi connectivity index (χ0) is 26.5. The molecule has 3 aromatic carbocycles. The first-order chi connectivity index (χ1) is 19.8. The number of oxazole rings is 1. The summed E-state index contributed by atoms with van der Waals surface area (Å²) in [6, 6.07) is 41.2. The van der Waals surface area contributed by atoms with E-state index in [9.17, 15) is 0 Å². The van der Waals surface area contributed by atoms with Gasteiger partial charge in [-0.15, -0.1) is 0 Å². The van der Waals surface area contributed by atoms with Crippen LogP contribution in [0.3, 0.4) is 0 Å². The second-order valence-corrected chi connectivity index (χ2v) is 9.74. The molecule has 0 atom stereocenters. The van der Waals surface area contributed by atoms with Gasteiger partial charge in [-0.05, 0) is 77.4 Å². The molecule has 188 valence electrons. The summed E-state index contributed by atoms with van der Waals surface area (Å²) in [6.07, 6.45) is 3.59. The van der Waals surface area contributed by atoms with Gasteiger partial charge in [0.2, 0.25) is 5.71 Å². The van der Waals surface area contributed by atoms with Crippen LogP contribution in [0.4, 0.5) is 0 Å². The third-order valence-electron chi connectivity index (χ3n) is 7.31. The first-order valence-electron chi connectivity index (χ1n) is 13.2. The third kappa shape index (κ3) is 3.60.